The zero-order valence-corrected chi connectivity index (χ0v) is 10.2. The number of aliphatic imine (C=N–C) groups is 1. The number of nitrogens with one attached hydrogen (secondary N) is 1. The number of alkyl halides is 3. The summed E-state index contributed by atoms with van der Waals surface area (Å²) in [6.45, 7) is 2.74. The van der Waals surface area contributed by atoms with Crippen LogP contribution in [0.2, 0.25) is 0 Å². The van der Waals surface area contributed by atoms with Crippen LogP contribution in [0.25, 0.3) is 0 Å². The van der Waals surface area contributed by atoms with Crippen LogP contribution in [-0.2, 0) is 4.74 Å². The SMILES string of the molecule is COCCN=C(NN)N(CC(F)(F)F)C(C)C. The lowest BCUT2D eigenvalue weighted by atomic mass is 10.3. The summed E-state index contributed by atoms with van der Waals surface area (Å²) in [6, 6.07) is -0.367. The standard InChI is InChI=1S/C9H19F3N4O/c1-7(2)16(6-9(10,11)12)8(15-13)14-4-5-17-3/h7H,4-6,13H2,1-3H3,(H,14,15). The third-order valence-electron chi connectivity index (χ3n) is 1.93. The van der Waals surface area contributed by atoms with Crippen LogP contribution in [0.15, 0.2) is 4.99 Å². The second-order valence-corrected chi connectivity index (χ2v) is 3.68. The van der Waals surface area contributed by atoms with Crippen molar-refractivity contribution in [2.75, 3.05) is 26.8 Å². The maximum absolute atomic E-state index is 12.4. The van der Waals surface area contributed by atoms with Gasteiger partial charge in [-0.25, -0.2) is 10.8 Å². The summed E-state index contributed by atoms with van der Waals surface area (Å²) >= 11 is 0. The van der Waals surface area contributed by atoms with Crippen LogP contribution in [0.4, 0.5) is 13.2 Å². The number of guanidine groups is 1. The summed E-state index contributed by atoms with van der Waals surface area (Å²) in [7, 11) is 1.49. The fraction of sp³-hybridized carbons (Fsp3) is 0.889. The van der Waals surface area contributed by atoms with E-state index in [4.69, 9.17) is 10.6 Å². The van der Waals surface area contributed by atoms with Gasteiger partial charge in [0.1, 0.15) is 6.54 Å². The first kappa shape index (κ1) is 16.0. The van der Waals surface area contributed by atoms with E-state index in [1.807, 2.05) is 0 Å². The molecule has 102 valence electrons. The van der Waals surface area contributed by atoms with Crippen molar-refractivity contribution in [3.63, 3.8) is 0 Å². The van der Waals surface area contributed by atoms with Crippen molar-refractivity contribution in [1.82, 2.24) is 10.3 Å². The van der Waals surface area contributed by atoms with Crippen LogP contribution < -0.4 is 11.3 Å². The third kappa shape index (κ3) is 7.01. The smallest absolute Gasteiger partial charge is 0.383 e. The summed E-state index contributed by atoms with van der Waals surface area (Å²) in [4.78, 5) is 4.97. The highest BCUT2D eigenvalue weighted by Crippen LogP contribution is 2.17. The van der Waals surface area contributed by atoms with Gasteiger partial charge in [-0.1, -0.05) is 0 Å². The van der Waals surface area contributed by atoms with Crippen LogP contribution in [0.1, 0.15) is 13.8 Å². The number of ether oxygens (including phenoxy) is 1. The van der Waals surface area contributed by atoms with Crippen LogP contribution in [-0.4, -0.2) is 49.9 Å². The lowest BCUT2D eigenvalue weighted by molar-refractivity contribution is -0.140. The minimum absolute atomic E-state index is 0.00868. The molecule has 8 heteroatoms. The summed E-state index contributed by atoms with van der Waals surface area (Å²) in [6.07, 6.45) is -4.30. The molecule has 0 atom stereocenters. The summed E-state index contributed by atoms with van der Waals surface area (Å²) in [5.41, 5.74) is 2.19. The second-order valence-electron chi connectivity index (χ2n) is 3.68. The second kappa shape index (κ2) is 7.33. The highest BCUT2D eigenvalue weighted by atomic mass is 19.4. The number of nitrogens with two attached hydrogens (primary N) is 1. The summed E-state index contributed by atoms with van der Waals surface area (Å²) < 4.78 is 41.8. The molecule has 0 amide bonds. The summed E-state index contributed by atoms with van der Waals surface area (Å²) in [5, 5.41) is 0. The molecular weight excluding hydrogens is 237 g/mol. The Labute approximate surface area is 98.8 Å². The van der Waals surface area contributed by atoms with E-state index in [1.165, 1.54) is 7.11 Å². The fourth-order valence-electron chi connectivity index (χ4n) is 1.16. The van der Waals surface area contributed by atoms with Crippen LogP contribution in [0.3, 0.4) is 0 Å². The number of hydrogen-bond acceptors (Lipinski definition) is 3. The molecule has 0 aliphatic rings. The number of rotatable bonds is 5. The normalized spacial score (nSPS) is 13.1. The third-order valence-corrected chi connectivity index (χ3v) is 1.93. The van der Waals surface area contributed by atoms with Gasteiger partial charge in [0, 0.05) is 13.2 Å². The molecule has 0 fully saturated rings. The minimum atomic E-state index is -4.30. The Morgan fingerprint density at radius 3 is 2.41 bits per heavy atom. The van der Waals surface area contributed by atoms with Crippen molar-refractivity contribution in [2.24, 2.45) is 10.8 Å². The van der Waals surface area contributed by atoms with Crippen LogP contribution in [0, 0.1) is 0 Å². The Balaban J connectivity index is 4.69. The minimum Gasteiger partial charge on any atom is -0.383 e. The zero-order chi connectivity index (χ0) is 13.5. The molecule has 0 aromatic heterocycles. The first-order chi connectivity index (χ1) is 7.81. The Morgan fingerprint density at radius 1 is 1.47 bits per heavy atom. The van der Waals surface area contributed by atoms with E-state index in [2.05, 4.69) is 10.4 Å². The largest absolute Gasteiger partial charge is 0.406 e. The lowest BCUT2D eigenvalue weighted by Crippen LogP contribution is -2.51. The molecule has 5 nitrogen and oxygen atoms in total. The average molecular weight is 256 g/mol. The van der Waals surface area contributed by atoms with Crippen molar-refractivity contribution < 1.29 is 17.9 Å². The molecule has 0 radical (unpaired) electrons. The van der Waals surface area contributed by atoms with E-state index in [9.17, 15) is 13.2 Å². The zero-order valence-electron chi connectivity index (χ0n) is 10.2. The predicted molar refractivity (Wildman–Crippen MR) is 59.4 cm³/mol. The van der Waals surface area contributed by atoms with Gasteiger partial charge >= 0.3 is 6.18 Å². The van der Waals surface area contributed by atoms with Crippen molar-refractivity contribution in [3.8, 4) is 0 Å². The van der Waals surface area contributed by atoms with Gasteiger partial charge in [0.2, 0.25) is 5.96 Å². The predicted octanol–water partition coefficient (Wildman–Crippen LogP) is 0.725. The molecule has 0 bridgehead atoms. The highest BCUT2D eigenvalue weighted by molar-refractivity contribution is 5.79. The molecule has 0 spiro atoms. The van der Waals surface area contributed by atoms with E-state index in [0.717, 1.165) is 4.90 Å². The van der Waals surface area contributed by atoms with Gasteiger partial charge in [-0.3, -0.25) is 5.43 Å². The van der Waals surface area contributed by atoms with Gasteiger partial charge < -0.3 is 9.64 Å². The van der Waals surface area contributed by atoms with Crippen LogP contribution in [0.5, 0.6) is 0 Å². The Morgan fingerprint density at radius 2 is 2.06 bits per heavy atom. The first-order valence-corrected chi connectivity index (χ1v) is 5.15. The van der Waals surface area contributed by atoms with Crippen molar-refractivity contribution in [2.45, 2.75) is 26.1 Å². The molecule has 0 aromatic carbocycles. The molecule has 0 unspecified atom stereocenters. The van der Waals surface area contributed by atoms with E-state index in [-0.39, 0.29) is 18.5 Å². The van der Waals surface area contributed by atoms with E-state index in [0.29, 0.717) is 6.61 Å². The molecule has 17 heavy (non-hydrogen) atoms. The number of hydrazine groups is 1. The Bertz CT molecular complexity index is 243. The maximum Gasteiger partial charge on any atom is 0.406 e. The fourth-order valence-corrected chi connectivity index (χ4v) is 1.16. The molecule has 0 aliphatic heterocycles. The monoisotopic (exact) mass is 256 g/mol. The quantitative estimate of drug-likeness (QED) is 0.250. The molecule has 0 aliphatic carbocycles. The van der Waals surface area contributed by atoms with Gasteiger partial charge in [-0.2, -0.15) is 13.2 Å². The molecule has 0 saturated carbocycles. The number of halogens is 3. The average Bonchev–Trinajstić information content (AvgIpc) is 2.20. The molecular formula is C9H19F3N4O. The number of methoxy groups -OCH3 is 1. The summed E-state index contributed by atoms with van der Waals surface area (Å²) in [5.74, 6) is 5.19. The van der Waals surface area contributed by atoms with Gasteiger partial charge in [0.05, 0.1) is 13.2 Å². The number of hydrogen-bond donors (Lipinski definition) is 2. The number of nitrogens with zero attached hydrogens (tertiary/aromatic N) is 2. The lowest BCUT2D eigenvalue weighted by Gasteiger charge is -2.30. The van der Waals surface area contributed by atoms with Gasteiger partial charge in [-0.05, 0) is 13.8 Å². The van der Waals surface area contributed by atoms with E-state index < -0.39 is 12.7 Å². The molecule has 0 saturated heterocycles. The van der Waals surface area contributed by atoms with Crippen molar-refractivity contribution in [3.05, 3.63) is 0 Å². The van der Waals surface area contributed by atoms with E-state index >= 15 is 0 Å². The van der Waals surface area contributed by atoms with Gasteiger partial charge in [-0.15, -0.1) is 0 Å². The van der Waals surface area contributed by atoms with Gasteiger partial charge in [0.15, 0.2) is 0 Å². The molecule has 3 N–H and O–H groups in total. The highest BCUT2D eigenvalue weighted by Gasteiger charge is 2.33. The first-order valence-electron chi connectivity index (χ1n) is 5.15. The molecule has 0 aromatic rings. The maximum atomic E-state index is 12.4. The van der Waals surface area contributed by atoms with Gasteiger partial charge in [0.25, 0.3) is 0 Å². The molecule has 0 heterocycles. The topological polar surface area (TPSA) is 62.9 Å². The Hall–Kier alpha value is -1.02. The molecule has 0 rings (SSSR count). The van der Waals surface area contributed by atoms with Crippen molar-refractivity contribution in [1.29, 1.82) is 0 Å². The van der Waals surface area contributed by atoms with Crippen LogP contribution >= 0.6 is 0 Å². The van der Waals surface area contributed by atoms with Crippen molar-refractivity contribution >= 4 is 5.96 Å². The van der Waals surface area contributed by atoms with E-state index in [1.54, 1.807) is 13.8 Å². The Kier molecular flexibility index (Phi) is 6.89.